The van der Waals surface area contributed by atoms with Gasteiger partial charge in [-0.15, -0.1) is 0 Å². The highest BCUT2D eigenvalue weighted by Crippen LogP contribution is 2.19. The Morgan fingerprint density at radius 3 is 3.00 bits per heavy atom. The van der Waals surface area contributed by atoms with Gasteiger partial charge in [0.15, 0.2) is 0 Å². The van der Waals surface area contributed by atoms with Crippen molar-refractivity contribution in [2.45, 2.75) is 19.1 Å². The van der Waals surface area contributed by atoms with Crippen molar-refractivity contribution in [3.05, 3.63) is 34.3 Å². The SMILES string of the molecule is O=C(O)CC1CN(Cc2cccc(Br)c2)C(=O)O1. The highest BCUT2D eigenvalue weighted by atomic mass is 79.9. The van der Waals surface area contributed by atoms with Gasteiger partial charge in [-0.25, -0.2) is 4.79 Å². The van der Waals surface area contributed by atoms with E-state index in [1.54, 1.807) is 0 Å². The number of ether oxygens (including phenoxy) is 1. The summed E-state index contributed by atoms with van der Waals surface area (Å²) >= 11 is 3.36. The van der Waals surface area contributed by atoms with Crippen LogP contribution in [-0.2, 0) is 16.1 Å². The van der Waals surface area contributed by atoms with Gasteiger partial charge in [0.05, 0.1) is 13.0 Å². The highest BCUT2D eigenvalue weighted by molar-refractivity contribution is 9.10. The van der Waals surface area contributed by atoms with Crippen molar-refractivity contribution in [1.82, 2.24) is 4.90 Å². The van der Waals surface area contributed by atoms with Crippen LogP contribution >= 0.6 is 15.9 Å². The molecule has 1 heterocycles. The quantitative estimate of drug-likeness (QED) is 0.925. The summed E-state index contributed by atoms with van der Waals surface area (Å²) in [4.78, 5) is 23.6. The maximum Gasteiger partial charge on any atom is 0.410 e. The third kappa shape index (κ3) is 3.22. The summed E-state index contributed by atoms with van der Waals surface area (Å²) < 4.78 is 5.92. The molecule has 1 fully saturated rings. The van der Waals surface area contributed by atoms with Crippen molar-refractivity contribution in [3.8, 4) is 0 Å². The summed E-state index contributed by atoms with van der Waals surface area (Å²) in [5.74, 6) is -0.961. The standard InChI is InChI=1S/C12H12BrNO4/c13-9-3-1-2-8(4-9)6-14-7-10(5-11(15)16)18-12(14)17/h1-4,10H,5-7H2,(H,15,16). The Balaban J connectivity index is 1.98. The molecule has 1 unspecified atom stereocenters. The van der Waals surface area contributed by atoms with Gasteiger partial charge in [0, 0.05) is 11.0 Å². The Morgan fingerprint density at radius 2 is 2.33 bits per heavy atom. The summed E-state index contributed by atoms with van der Waals surface area (Å²) in [6.45, 7) is 0.742. The molecule has 18 heavy (non-hydrogen) atoms. The molecule has 0 bridgehead atoms. The van der Waals surface area contributed by atoms with Crippen molar-refractivity contribution in [1.29, 1.82) is 0 Å². The van der Waals surface area contributed by atoms with Crippen molar-refractivity contribution in [2.24, 2.45) is 0 Å². The van der Waals surface area contributed by atoms with Gasteiger partial charge in [0.1, 0.15) is 6.10 Å². The van der Waals surface area contributed by atoms with E-state index in [0.29, 0.717) is 13.1 Å². The average molecular weight is 314 g/mol. The first-order chi connectivity index (χ1) is 8.54. The van der Waals surface area contributed by atoms with E-state index in [9.17, 15) is 9.59 Å². The molecule has 5 nitrogen and oxygen atoms in total. The molecule has 0 aliphatic carbocycles. The molecule has 0 spiro atoms. The minimum Gasteiger partial charge on any atom is -0.481 e. The number of aliphatic carboxylic acids is 1. The number of carbonyl (C=O) groups is 2. The van der Waals surface area contributed by atoms with Crippen LogP contribution in [0.3, 0.4) is 0 Å². The third-order valence-corrected chi connectivity index (χ3v) is 3.11. The lowest BCUT2D eigenvalue weighted by Gasteiger charge is -2.12. The Morgan fingerprint density at radius 1 is 1.56 bits per heavy atom. The van der Waals surface area contributed by atoms with Crippen LogP contribution in [0, 0.1) is 0 Å². The van der Waals surface area contributed by atoms with Gasteiger partial charge < -0.3 is 14.7 Å². The second-order valence-corrected chi connectivity index (χ2v) is 5.03. The lowest BCUT2D eigenvalue weighted by atomic mass is 10.2. The minimum absolute atomic E-state index is 0.152. The number of rotatable bonds is 4. The largest absolute Gasteiger partial charge is 0.481 e. The molecule has 0 saturated carbocycles. The molecule has 1 aliphatic rings. The topological polar surface area (TPSA) is 66.8 Å². The first-order valence-corrected chi connectivity index (χ1v) is 6.25. The van der Waals surface area contributed by atoms with E-state index in [1.807, 2.05) is 24.3 Å². The molecular weight excluding hydrogens is 302 g/mol. The van der Waals surface area contributed by atoms with Gasteiger partial charge in [0.25, 0.3) is 0 Å². The molecule has 0 aromatic heterocycles. The van der Waals surface area contributed by atoms with Gasteiger partial charge in [-0.05, 0) is 17.7 Å². The average Bonchev–Trinajstić information content (AvgIpc) is 2.58. The summed E-state index contributed by atoms with van der Waals surface area (Å²) in [6.07, 6.45) is -1.16. The van der Waals surface area contributed by atoms with Crippen LogP contribution in [0.25, 0.3) is 0 Å². The number of carbonyl (C=O) groups excluding carboxylic acids is 1. The predicted octanol–water partition coefficient (Wildman–Crippen LogP) is 2.24. The molecular formula is C12H12BrNO4. The van der Waals surface area contributed by atoms with E-state index in [2.05, 4.69) is 15.9 Å². The number of amides is 1. The number of carboxylic acid groups (broad SMARTS) is 1. The van der Waals surface area contributed by atoms with Crippen LogP contribution in [0.5, 0.6) is 0 Å². The summed E-state index contributed by atoms with van der Waals surface area (Å²) in [5.41, 5.74) is 0.970. The number of hydrogen-bond acceptors (Lipinski definition) is 3. The Hall–Kier alpha value is -1.56. The fraction of sp³-hybridized carbons (Fsp3) is 0.333. The molecule has 1 amide bonds. The summed E-state index contributed by atoms with van der Waals surface area (Å²) in [6, 6.07) is 7.61. The maximum atomic E-state index is 11.6. The maximum absolute atomic E-state index is 11.6. The van der Waals surface area contributed by atoms with Crippen molar-refractivity contribution in [2.75, 3.05) is 6.54 Å². The summed E-state index contributed by atoms with van der Waals surface area (Å²) in [7, 11) is 0. The predicted molar refractivity (Wildman–Crippen MR) is 67.1 cm³/mol. The Bertz CT molecular complexity index is 477. The molecule has 2 rings (SSSR count). The molecule has 1 aromatic rings. The molecule has 96 valence electrons. The van der Waals surface area contributed by atoms with E-state index in [4.69, 9.17) is 9.84 Å². The van der Waals surface area contributed by atoms with E-state index in [0.717, 1.165) is 10.0 Å². The van der Waals surface area contributed by atoms with Crippen molar-refractivity contribution >= 4 is 28.0 Å². The zero-order chi connectivity index (χ0) is 13.1. The van der Waals surface area contributed by atoms with E-state index in [-0.39, 0.29) is 6.42 Å². The smallest absolute Gasteiger partial charge is 0.410 e. The van der Waals surface area contributed by atoms with E-state index >= 15 is 0 Å². The second-order valence-electron chi connectivity index (χ2n) is 4.11. The van der Waals surface area contributed by atoms with Crippen LogP contribution in [0.2, 0.25) is 0 Å². The first-order valence-electron chi connectivity index (χ1n) is 5.46. The van der Waals surface area contributed by atoms with Crippen LogP contribution in [-0.4, -0.2) is 34.7 Å². The Labute approximate surface area is 112 Å². The van der Waals surface area contributed by atoms with E-state index < -0.39 is 18.2 Å². The third-order valence-electron chi connectivity index (χ3n) is 2.61. The summed E-state index contributed by atoms with van der Waals surface area (Å²) in [5, 5.41) is 8.66. The fourth-order valence-corrected chi connectivity index (χ4v) is 2.31. The van der Waals surface area contributed by atoms with Gasteiger partial charge in [0.2, 0.25) is 0 Å². The zero-order valence-corrected chi connectivity index (χ0v) is 11.1. The normalized spacial score (nSPS) is 18.8. The van der Waals surface area contributed by atoms with E-state index in [1.165, 1.54) is 4.90 Å². The zero-order valence-electron chi connectivity index (χ0n) is 9.51. The number of benzene rings is 1. The van der Waals surface area contributed by atoms with Crippen LogP contribution in [0.15, 0.2) is 28.7 Å². The fourth-order valence-electron chi connectivity index (χ4n) is 1.86. The van der Waals surface area contributed by atoms with Crippen LogP contribution in [0.1, 0.15) is 12.0 Å². The first kappa shape index (κ1) is 12.9. The molecule has 1 aromatic carbocycles. The molecule has 1 saturated heterocycles. The molecule has 1 atom stereocenters. The van der Waals surface area contributed by atoms with Crippen LogP contribution in [0.4, 0.5) is 4.79 Å². The molecule has 1 N–H and O–H groups in total. The monoisotopic (exact) mass is 313 g/mol. The van der Waals surface area contributed by atoms with Crippen LogP contribution < -0.4 is 0 Å². The van der Waals surface area contributed by atoms with Gasteiger partial charge >= 0.3 is 12.1 Å². The van der Waals surface area contributed by atoms with Gasteiger partial charge in [-0.3, -0.25) is 4.79 Å². The van der Waals surface area contributed by atoms with Crippen molar-refractivity contribution in [3.63, 3.8) is 0 Å². The van der Waals surface area contributed by atoms with Gasteiger partial charge in [-0.2, -0.15) is 0 Å². The minimum atomic E-state index is -0.961. The Kier molecular flexibility index (Phi) is 3.86. The molecule has 6 heteroatoms. The molecule has 1 aliphatic heterocycles. The number of halogens is 1. The number of nitrogens with zero attached hydrogens (tertiary/aromatic N) is 1. The lowest BCUT2D eigenvalue weighted by Crippen LogP contribution is -2.25. The van der Waals surface area contributed by atoms with Gasteiger partial charge in [-0.1, -0.05) is 28.1 Å². The number of hydrogen-bond donors (Lipinski definition) is 1. The number of carboxylic acids is 1. The highest BCUT2D eigenvalue weighted by Gasteiger charge is 2.32. The van der Waals surface area contributed by atoms with Crippen molar-refractivity contribution < 1.29 is 19.4 Å². The number of cyclic esters (lactones) is 1. The second kappa shape index (κ2) is 5.39. The lowest BCUT2D eigenvalue weighted by molar-refractivity contribution is -0.138. The molecule has 0 radical (unpaired) electrons.